The van der Waals surface area contributed by atoms with Crippen LogP contribution in [-0.4, -0.2) is 82.5 Å². The largest absolute Gasteiger partial charge is 0.494 e. The molecule has 0 radical (unpaired) electrons. The normalized spacial score (nSPS) is 17.5. The number of aromatic nitrogens is 1. The SMILES string of the molecule is COCCCn1cc(CN(C(=O)[C@H]2CN(C(=O)OC(C)(C)C)CC[C@@H]2c2cccc(-c3ccc(OCCCC(=O)O)cc3)c2)C2CC2)c2ccccc21. The first kappa shape index (κ1) is 37.9. The third kappa shape index (κ3) is 9.79. The summed E-state index contributed by atoms with van der Waals surface area (Å²) in [6.07, 6.45) is 5.82. The van der Waals surface area contributed by atoms with Gasteiger partial charge in [-0.25, -0.2) is 4.79 Å². The molecule has 2 aliphatic rings. The van der Waals surface area contributed by atoms with Crippen LogP contribution in [0.5, 0.6) is 5.75 Å². The molecule has 0 unspecified atom stereocenters. The van der Waals surface area contributed by atoms with Crippen molar-refractivity contribution in [3.8, 4) is 16.9 Å². The summed E-state index contributed by atoms with van der Waals surface area (Å²) in [4.78, 5) is 43.0. The second-order valence-corrected chi connectivity index (χ2v) is 15.3. The van der Waals surface area contributed by atoms with E-state index in [-0.39, 0.29) is 30.4 Å². The van der Waals surface area contributed by atoms with Gasteiger partial charge in [-0.2, -0.15) is 0 Å². The Bertz CT molecular complexity index is 1870. The lowest BCUT2D eigenvalue weighted by Gasteiger charge is -2.40. The first-order chi connectivity index (χ1) is 25.5. The van der Waals surface area contributed by atoms with Gasteiger partial charge in [0.15, 0.2) is 0 Å². The Morgan fingerprint density at radius 3 is 2.40 bits per heavy atom. The summed E-state index contributed by atoms with van der Waals surface area (Å²) >= 11 is 0. The molecule has 1 aliphatic carbocycles. The van der Waals surface area contributed by atoms with Gasteiger partial charge in [-0.1, -0.05) is 54.6 Å². The summed E-state index contributed by atoms with van der Waals surface area (Å²) in [5.74, 6) is -0.592. The van der Waals surface area contributed by atoms with Gasteiger partial charge in [0, 0.05) is 69.5 Å². The van der Waals surface area contributed by atoms with Crippen LogP contribution in [0.15, 0.2) is 79.0 Å². The standard InChI is InChI=1S/C43H53N3O7/c1-43(2,3)53-42(50)45-23-21-36(32-11-7-10-31(26-32)30-15-19-35(20-16-30)52-25-8-14-40(47)48)38(29-45)41(49)46(34-17-18-34)28-33-27-44(22-9-24-51-4)39-13-6-5-12-37(33)39/h5-7,10-13,15-16,19-20,26-27,34,36,38H,8-9,14,17-18,21-25,28-29H2,1-4H3,(H,47,48)/t36-,38+/m1/s1. The monoisotopic (exact) mass is 723 g/mol. The molecular formula is C43H53N3O7. The average Bonchev–Trinajstić information content (AvgIpc) is 3.93. The van der Waals surface area contributed by atoms with Crippen LogP contribution in [-0.2, 0) is 32.2 Å². The van der Waals surface area contributed by atoms with Crippen LogP contribution in [0.2, 0.25) is 0 Å². The van der Waals surface area contributed by atoms with E-state index < -0.39 is 17.5 Å². The van der Waals surface area contributed by atoms with Crippen molar-refractivity contribution in [2.45, 2.75) is 89.9 Å². The quantitative estimate of drug-likeness (QED) is 0.123. The first-order valence-corrected chi connectivity index (χ1v) is 18.9. The molecule has 10 nitrogen and oxygen atoms in total. The second-order valence-electron chi connectivity index (χ2n) is 15.3. The maximum Gasteiger partial charge on any atom is 0.410 e. The summed E-state index contributed by atoms with van der Waals surface area (Å²) in [5.41, 5.74) is 4.76. The van der Waals surface area contributed by atoms with Crippen molar-refractivity contribution in [2.24, 2.45) is 5.92 Å². The molecule has 0 bridgehead atoms. The van der Waals surface area contributed by atoms with E-state index in [9.17, 15) is 14.4 Å². The number of likely N-dealkylation sites (tertiary alicyclic amines) is 1. The van der Waals surface area contributed by atoms with Crippen LogP contribution in [0.25, 0.3) is 22.0 Å². The number of piperidine rings is 1. The highest BCUT2D eigenvalue weighted by atomic mass is 16.6. The Labute approximate surface area is 312 Å². The summed E-state index contributed by atoms with van der Waals surface area (Å²) in [5, 5.41) is 10.0. The molecule has 1 aliphatic heterocycles. The molecular weight excluding hydrogens is 670 g/mol. The number of hydrogen-bond acceptors (Lipinski definition) is 6. The second kappa shape index (κ2) is 16.9. The summed E-state index contributed by atoms with van der Waals surface area (Å²) < 4.78 is 19.1. The fourth-order valence-electron chi connectivity index (χ4n) is 7.38. The molecule has 1 aromatic heterocycles. The number of aliphatic carboxylic acids is 1. The topological polar surface area (TPSA) is 111 Å². The van der Waals surface area contributed by atoms with E-state index >= 15 is 0 Å². The number of carbonyl (C=O) groups is 3. The molecule has 53 heavy (non-hydrogen) atoms. The molecule has 2 heterocycles. The van der Waals surface area contributed by atoms with E-state index in [2.05, 4.69) is 58.1 Å². The van der Waals surface area contributed by atoms with E-state index in [1.54, 1.807) is 12.0 Å². The van der Waals surface area contributed by atoms with Crippen LogP contribution >= 0.6 is 0 Å². The number of rotatable bonds is 15. The van der Waals surface area contributed by atoms with E-state index in [1.165, 1.54) is 0 Å². The van der Waals surface area contributed by atoms with E-state index in [0.717, 1.165) is 59.0 Å². The van der Waals surface area contributed by atoms with Gasteiger partial charge in [0.2, 0.25) is 5.91 Å². The van der Waals surface area contributed by atoms with Crippen molar-refractivity contribution in [3.05, 3.63) is 90.1 Å². The minimum atomic E-state index is -0.832. The lowest BCUT2D eigenvalue weighted by atomic mass is 9.79. The zero-order chi connectivity index (χ0) is 37.5. The van der Waals surface area contributed by atoms with Gasteiger partial charge in [0.05, 0.1) is 12.5 Å². The van der Waals surface area contributed by atoms with Gasteiger partial charge < -0.3 is 33.7 Å². The average molecular weight is 724 g/mol. The van der Waals surface area contributed by atoms with Crippen molar-refractivity contribution >= 4 is 28.9 Å². The molecule has 1 saturated heterocycles. The molecule has 2 amide bonds. The fraction of sp³-hybridized carbons (Fsp3) is 0.465. The Balaban J connectivity index is 1.26. The van der Waals surface area contributed by atoms with Gasteiger partial charge in [-0.15, -0.1) is 0 Å². The number of benzene rings is 3. The molecule has 2 atom stereocenters. The zero-order valence-corrected chi connectivity index (χ0v) is 31.5. The number of ether oxygens (including phenoxy) is 3. The third-order valence-corrected chi connectivity index (χ3v) is 10.1. The number of amides is 2. The van der Waals surface area contributed by atoms with E-state index in [0.29, 0.717) is 51.4 Å². The molecule has 4 aromatic rings. The van der Waals surface area contributed by atoms with Crippen molar-refractivity contribution in [1.29, 1.82) is 0 Å². The van der Waals surface area contributed by atoms with Gasteiger partial charge in [0.25, 0.3) is 0 Å². The van der Waals surface area contributed by atoms with Crippen molar-refractivity contribution in [1.82, 2.24) is 14.4 Å². The number of carbonyl (C=O) groups excluding carboxylic acids is 2. The Kier molecular flexibility index (Phi) is 12.1. The molecule has 1 N–H and O–H groups in total. The van der Waals surface area contributed by atoms with Crippen molar-refractivity contribution < 1.29 is 33.7 Å². The molecule has 10 heteroatoms. The number of carboxylic acid groups (broad SMARTS) is 1. The molecule has 282 valence electrons. The Morgan fingerprint density at radius 1 is 0.906 bits per heavy atom. The fourth-order valence-corrected chi connectivity index (χ4v) is 7.38. The van der Waals surface area contributed by atoms with Crippen LogP contribution in [0.3, 0.4) is 0 Å². The molecule has 3 aromatic carbocycles. The van der Waals surface area contributed by atoms with E-state index in [1.807, 2.05) is 51.1 Å². The van der Waals surface area contributed by atoms with Crippen LogP contribution in [0.1, 0.15) is 76.3 Å². The number of nitrogens with zero attached hydrogens (tertiary/aromatic N) is 3. The summed E-state index contributed by atoms with van der Waals surface area (Å²) in [6.45, 7) is 8.76. The van der Waals surface area contributed by atoms with Crippen LogP contribution in [0.4, 0.5) is 4.79 Å². The van der Waals surface area contributed by atoms with Crippen molar-refractivity contribution in [2.75, 3.05) is 33.4 Å². The highest BCUT2D eigenvalue weighted by molar-refractivity contribution is 5.86. The molecule has 2 fully saturated rings. The smallest absolute Gasteiger partial charge is 0.410 e. The van der Waals surface area contributed by atoms with Crippen LogP contribution in [0, 0.1) is 5.92 Å². The summed E-state index contributed by atoms with van der Waals surface area (Å²) in [7, 11) is 1.72. The summed E-state index contributed by atoms with van der Waals surface area (Å²) in [6, 6.07) is 24.8. The predicted octanol–water partition coefficient (Wildman–Crippen LogP) is 8.12. The Hall–Kier alpha value is -4.83. The van der Waals surface area contributed by atoms with Gasteiger partial charge in [-0.05, 0) is 99.2 Å². The molecule has 1 saturated carbocycles. The van der Waals surface area contributed by atoms with Gasteiger partial charge in [-0.3, -0.25) is 9.59 Å². The minimum Gasteiger partial charge on any atom is -0.494 e. The number of aryl methyl sites for hydroxylation is 1. The maximum absolute atomic E-state index is 15.0. The number of carboxylic acids is 1. The highest BCUT2D eigenvalue weighted by Gasteiger charge is 2.43. The minimum absolute atomic E-state index is 0.0726. The van der Waals surface area contributed by atoms with Gasteiger partial charge in [0.1, 0.15) is 11.4 Å². The zero-order valence-electron chi connectivity index (χ0n) is 31.5. The number of hydrogen-bond donors (Lipinski definition) is 1. The predicted molar refractivity (Wildman–Crippen MR) is 205 cm³/mol. The van der Waals surface area contributed by atoms with Crippen molar-refractivity contribution in [3.63, 3.8) is 0 Å². The highest BCUT2D eigenvalue weighted by Crippen LogP contribution is 2.40. The maximum atomic E-state index is 15.0. The van der Waals surface area contributed by atoms with E-state index in [4.69, 9.17) is 19.3 Å². The number of fused-ring (bicyclic) bond motifs is 1. The first-order valence-electron chi connectivity index (χ1n) is 18.9. The van der Waals surface area contributed by atoms with Gasteiger partial charge >= 0.3 is 12.1 Å². The number of para-hydroxylation sites is 1. The Morgan fingerprint density at radius 2 is 1.68 bits per heavy atom. The lowest BCUT2D eigenvalue weighted by Crippen LogP contribution is -2.51. The van der Waals surface area contributed by atoms with Crippen LogP contribution < -0.4 is 4.74 Å². The third-order valence-electron chi connectivity index (χ3n) is 10.1. The molecule has 6 rings (SSSR count). The molecule has 0 spiro atoms. The number of methoxy groups -OCH3 is 1. The lowest BCUT2D eigenvalue weighted by molar-refractivity contribution is -0.139.